The smallest absolute Gasteiger partial charge is 0.346 e. The molecule has 1 saturated heterocycles. The van der Waals surface area contributed by atoms with Crippen molar-refractivity contribution in [2.24, 2.45) is 14.1 Å². The van der Waals surface area contributed by atoms with Crippen LogP contribution in [-0.4, -0.2) is 63.7 Å². The second kappa shape index (κ2) is 5.37. The van der Waals surface area contributed by atoms with Gasteiger partial charge >= 0.3 is 5.69 Å². The minimum Gasteiger partial charge on any atom is -0.391 e. The zero-order chi connectivity index (χ0) is 15.0. The molecule has 20 heavy (non-hydrogen) atoms. The second-order valence-electron chi connectivity index (χ2n) is 5.55. The van der Waals surface area contributed by atoms with E-state index in [0.29, 0.717) is 19.5 Å². The first-order valence-corrected chi connectivity index (χ1v) is 6.55. The van der Waals surface area contributed by atoms with Crippen molar-refractivity contribution in [3.63, 3.8) is 0 Å². The van der Waals surface area contributed by atoms with Gasteiger partial charge in [0.05, 0.1) is 6.10 Å². The first-order chi connectivity index (χ1) is 9.31. The monoisotopic (exact) mass is 283 g/mol. The third kappa shape index (κ3) is 2.61. The Bertz CT molecular complexity index is 606. The first kappa shape index (κ1) is 14.7. The fraction of sp³-hybridized carbons (Fsp3) is 0.750. The molecule has 2 rings (SSSR count). The van der Waals surface area contributed by atoms with E-state index in [9.17, 15) is 14.7 Å². The molecule has 1 fully saturated rings. The summed E-state index contributed by atoms with van der Waals surface area (Å²) in [4.78, 5) is 27.7. The van der Waals surface area contributed by atoms with Gasteiger partial charge in [0.1, 0.15) is 0 Å². The molecule has 2 heterocycles. The van der Waals surface area contributed by atoms with E-state index in [1.165, 1.54) is 14.1 Å². The maximum absolute atomic E-state index is 12.2. The Morgan fingerprint density at radius 1 is 1.35 bits per heavy atom. The van der Waals surface area contributed by atoms with Crippen LogP contribution in [-0.2, 0) is 14.1 Å². The molecule has 8 heteroatoms. The van der Waals surface area contributed by atoms with Crippen LogP contribution in [0.5, 0.6) is 0 Å². The number of aliphatic hydroxyl groups is 1. The van der Waals surface area contributed by atoms with Crippen LogP contribution in [0, 0.1) is 0 Å². The van der Waals surface area contributed by atoms with Crippen molar-refractivity contribution in [3.8, 4) is 0 Å². The Kier molecular flexibility index (Phi) is 3.96. The van der Waals surface area contributed by atoms with Crippen molar-refractivity contribution in [2.75, 3.05) is 32.1 Å². The molecule has 1 aromatic heterocycles. The lowest BCUT2D eigenvalue weighted by Gasteiger charge is -2.27. The van der Waals surface area contributed by atoms with E-state index in [1.807, 2.05) is 19.0 Å². The molecule has 8 nitrogen and oxygen atoms in total. The number of rotatable bonds is 3. The molecule has 2 atom stereocenters. The van der Waals surface area contributed by atoms with Crippen LogP contribution in [0.2, 0.25) is 0 Å². The number of aliphatic hydroxyl groups excluding tert-OH is 1. The average Bonchev–Trinajstić information content (AvgIpc) is 2.71. The normalized spacial score (nSPS) is 22.8. The minimum absolute atomic E-state index is 0.0118. The molecule has 1 aliphatic rings. The third-order valence-electron chi connectivity index (χ3n) is 3.54. The molecule has 0 aliphatic carbocycles. The Labute approximate surface area is 116 Å². The van der Waals surface area contributed by atoms with Crippen LogP contribution in [0.3, 0.4) is 0 Å². The maximum Gasteiger partial charge on any atom is 0.346 e. The first-order valence-electron chi connectivity index (χ1n) is 6.55. The van der Waals surface area contributed by atoms with Gasteiger partial charge in [-0.3, -0.25) is 9.36 Å². The summed E-state index contributed by atoms with van der Waals surface area (Å²) in [6, 6.07) is 0.0118. The number of hydrogen-bond acceptors (Lipinski definition) is 6. The molecule has 0 aromatic carbocycles. The number of anilines is 1. The number of nitrogens with zero attached hydrogens (tertiary/aromatic N) is 5. The fourth-order valence-electron chi connectivity index (χ4n) is 2.61. The van der Waals surface area contributed by atoms with Crippen molar-refractivity contribution in [3.05, 3.63) is 20.8 Å². The fourth-order valence-corrected chi connectivity index (χ4v) is 2.61. The zero-order valence-corrected chi connectivity index (χ0v) is 12.3. The quantitative estimate of drug-likeness (QED) is 0.689. The largest absolute Gasteiger partial charge is 0.391 e. The second-order valence-corrected chi connectivity index (χ2v) is 5.55. The molecule has 0 radical (unpaired) electrons. The third-order valence-corrected chi connectivity index (χ3v) is 3.54. The van der Waals surface area contributed by atoms with Crippen molar-refractivity contribution in [2.45, 2.75) is 18.6 Å². The van der Waals surface area contributed by atoms with Gasteiger partial charge in [0, 0.05) is 33.2 Å². The number of hydrogen-bond donors (Lipinski definition) is 1. The molecular formula is C12H21N5O3. The molecule has 112 valence electrons. The highest BCUT2D eigenvalue weighted by Crippen LogP contribution is 2.21. The van der Waals surface area contributed by atoms with Gasteiger partial charge in [-0.1, -0.05) is 0 Å². The van der Waals surface area contributed by atoms with Crippen molar-refractivity contribution >= 4 is 5.82 Å². The highest BCUT2D eigenvalue weighted by molar-refractivity contribution is 5.39. The van der Waals surface area contributed by atoms with E-state index in [-0.39, 0.29) is 11.9 Å². The summed E-state index contributed by atoms with van der Waals surface area (Å²) in [6.45, 7) is 1.07. The Balaban J connectivity index is 2.44. The molecule has 1 aliphatic heterocycles. The predicted octanol–water partition coefficient (Wildman–Crippen LogP) is -2.02. The standard InChI is InChI=1S/C12H21N5O3/c1-14(2)6-8-5-9(18)7-17(8)10-11(19)15(3)12(20)16(4)13-10/h8-9,18H,5-7H2,1-4H3. The Morgan fingerprint density at radius 2 is 2.00 bits per heavy atom. The van der Waals surface area contributed by atoms with Gasteiger partial charge in [0.15, 0.2) is 0 Å². The van der Waals surface area contributed by atoms with Crippen LogP contribution in [0.15, 0.2) is 9.59 Å². The van der Waals surface area contributed by atoms with Crippen LogP contribution in [0.1, 0.15) is 6.42 Å². The summed E-state index contributed by atoms with van der Waals surface area (Å²) >= 11 is 0. The topological polar surface area (TPSA) is 83.6 Å². The van der Waals surface area contributed by atoms with Gasteiger partial charge in [-0.15, -0.1) is 5.10 Å². The van der Waals surface area contributed by atoms with Gasteiger partial charge in [0.25, 0.3) is 5.56 Å². The lowest BCUT2D eigenvalue weighted by molar-refractivity contribution is 0.191. The molecular weight excluding hydrogens is 262 g/mol. The van der Waals surface area contributed by atoms with Crippen LogP contribution in [0.4, 0.5) is 5.82 Å². The van der Waals surface area contributed by atoms with E-state index >= 15 is 0 Å². The molecule has 0 amide bonds. The summed E-state index contributed by atoms with van der Waals surface area (Å²) in [5, 5.41) is 13.9. The SMILES string of the molecule is CN(C)CC1CC(O)CN1c1nn(C)c(=O)n(C)c1=O. The van der Waals surface area contributed by atoms with Gasteiger partial charge < -0.3 is 14.9 Å². The lowest BCUT2D eigenvalue weighted by atomic mass is 10.2. The van der Waals surface area contributed by atoms with Gasteiger partial charge in [0.2, 0.25) is 5.82 Å². The molecule has 0 bridgehead atoms. The number of aryl methyl sites for hydroxylation is 1. The van der Waals surface area contributed by atoms with E-state index in [1.54, 1.807) is 4.90 Å². The predicted molar refractivity (Wildman–Crippen MR) is 75.0 cm³/mol. The van der Waals surface area contributed by atoms with Gasteiger partial charge in [-0.05, 0) is 20.5 Å². The molecule has 0 spiro atoms. The zero-order valence-electron chi connectivity index (χ0n) is 12.3. The Morgan fingerprint density at radius 3 is 2.60 bits per heavy atom. The molecule has 0 saturated carbocycles. The van der Waals surface area contributed by atoms with E-state index in [2.05, 4.69) is 5.10 Å². The Hall–Kier alpha value is -1.67. The van der Waals surface area contributed by atoms with Crippen LogP contribution >= 0.6 is 0 Å². The average molecular weight is 283 g/mol. The van der Waals surface area contributed by atoms with Gasteiger partial charge in [-0.2, -0.15) is 0 Å². The molecule has 1 aromatic rings. The van der Waals surface area contributed by atoms with Crippen molar-refractivity contribution in [1.29, 1.82) is 0 Å². The van der Waals surface area contributed by atoms with Crippen LogP contribution in [0.25, 0.3) is 0 Å². The molecule has 2 unspecified atom stereocenters. The number of β-amino-alcohol motifs (C(OH)–C–C–N with tert-alkyl or cyclic N) is 1. The van der Waals surface area contributed by atoms with E-state index < -0.39 is 17.4 Å². The van der Waals surface area contributed by atoms with Crippen molar-refractivity contribution in [1.82, 2.24) is 19.2 Å². The van der Waals surface area contributed by atoms with E-state index in [0.717, 1.165) is 9.25 Å². The minimum atomic E-state index is -0.483. The summed E-state index contributed by atoms with van der Waals surface area (Å²) in [5.41, 5.74) is -0.881. The highest BCUT2D eigenvalue weighted by Gasteiger charge is 2.34. The highest BCUT2D eigenvalue weighted by atomic mass is 16.3. The summed E-state index contributed by atoms with van der Waals surface area (Å²) in [6.07, 6.45) is 0.106. The number of aromatic nitrogens is 3. The number of likely N-dealkylation sites (N-methyl/N-ethyl adjacent to an activating group) is 1. The maximum atomic E-state index is 12.2. The van der Waals surface area contributed by atoms with Crippen molar-refractivity contribution < 1.29 is 5.11 Å². The van der Waals surface area contributed by atoms with E-state index in [4.69, 9.17) is 0 Å². The summed E-state index contributed by atoms with van der Waals surface area (Å²) < 4.78 is 2.19. The lowest BCUT2D eigenvalue weighted by Crippen LogP contribution is -2.46. The summed E-state index contributed by atoms with van der Waals surface area (Å²) in [5.74, 6) is 0.220. The van der Waals surface area contributed by atoms with Gasteiger partial charge in [-0.25, -0.2) is 9.48 Å². The summed E-state index contributed by atoms with van der Waals surface area (Å²) in [7, 11) is 6.83. The van der Waals surface area contributed by atoms with Crippen LogP contribution < -0.4 is 16.1 Å². The molecule has 1 N–H and O–H groups in total.